The van der Waals surface area contributed by atoms with E-state index in [4.69, 9.17) is 4.52 Å². The van der Waals surface area contributed by atoms with Crippen LogP contribution in [0.5, 0.6) is 0 Å². The van der Waals surface area contributed by atoms with E-state index < -0.39 is 6.03 Å². The molecule has 1 aromatic carbocycles. The van der Waals surface area contributed by atoms with Crippen LogP contribution in [0, 0.1) is 12.7 Å². The van der Waals surface area contributed by atoms with Crippen LogP contribution in [-0.4, -0.2) is 41.3 Å². The highest BCUT2D eigenvalue weighted by atomic mass is 19.1. The number of nitrogens with one attached hydrogen (secondary N) is 3. The number of anilines is 2. The summed E-state index contributed by atoms with van der Waals surface area (Å²) in [4.78, 5) is 25.7. The minimum atomic E-state index is -0.397. The fraction of sp³-hybridized carbons (Fsp3) is 0.312. The number of aromatic nitrogens is 1. The molecule has 3 rings (SSSR count). The number of hydrogen-bond acceptors (Lipinski definition) is 4. The first-order valence-electron chi connectivity index (χ1n) is 7.82. The number of hydrogen-bond donors (Lipinski definition) is 3. The standard InChI is InChI=1S/C16H18FN5O3/c1-10-8-14(21-25-10)20-16(24)22-7-6-13(9-22)19-15(23)18-12-4-2-11(17)3-5-12/h2-5,8,13H,6-7,9H2,1H3,(H2,18,19,23)(H,20,21,24). The van der Waals surface area contributed by atoms with E-state index in [0.29, 0.717) is 36.8 Å². The maximum atomic E-state index is 12.8. The summed E-state index contributed by atoms with van der Waals surface area (Å²) in [5.74, 6) is 0.590. The van der Waals surface area contributed by atoms with Crippen molar-refractivity contribution in [3.63, 3.8) is 0 Å². The van der Waals surface area contributed by atoms with Gasteiger partial charge in [-0.25, -0.2) is 14.0 Å². The van der Waals surface area contributed by atoms with E-state index in [2.05, 4.69) is 21.1 Å². The number of rotatable bonds is 3. The Morgan fingerprint density at radius 3 is 2.72 bits per heavy atom. The minimum absolute atomic E-state index is 0.162. The van der Waals surface area contributed by atoms with Crippen molar-refractivity contribution in [2.45, 2.75) is 19.4 Å². The molecular formula is C16H18FN5O3. The number of benzene rings is 1. The first kappa shape index (κ1) is 16.7. The molecule has 2 aromatic rings. The van der Waals surface area contributed by atoms with E-state index in [0.717, 1.165) is 0 Å². The topological polar surface area (TPSA) is 99.5 Å². The molecule has 1 unspecified atom stereocenters. The summed E-state index contributed by atoms with van der Waals surface area (Å²) < 4.78 is 17.7. The number of halogens is 1. The predicted octanol–water partition coefficient (Wildman–Crippen LogP) is 2.55. The molecule has 1 saturated heterocycles. The summed E-state index contributed by atoms with van der Waals surface area (Å²) in [6, 6.07) is 6.26. The van der Waals surface area contributed by atoms with Gasteiger partial charge in [0.25, 0.3) is 0 Å². The van der Waals surface area contributed by atoms with Gasteiger partial charge in [0.2, 0.25) is 0 Å². The van der Waals surface area contributed by atoms with Gasteiger partial charge in [0.05, 0.1) is 0 Å². The third kappa shape index (κ3) is 4.46. The molecule has 1 aromatic heterocycles. The number of likely N-dealkylation sites (tertiary alicyclic amines) is 1. The largest absolute Gasteiger partial charge is 0.360 e. The van der Waals surface area contributed by atoms with Crippen LogP contribution in [0.15, 0.2) is 34.9 Å². The second kappa shape index (κ2) is 7.20. The average molecular weight is 347 g/mol. The van der Waals surface area contributed by atoms with Crippen molar-refractivity contribution in [3.05, 3.63) is 41.9 Å². The van der Waals surface area contributed by atoms with Gasteiger partial charge in [-0.1, -0.05) is 5.16 Å². The number of carbonyl (C=O) groups excluding carboxylic acids is 2. The second-order valence-corrected chi connectivity index (χ2v) is 5.79. The van der Waals surface area contributed by atoms with E-state index in [-0.39, 0.29) is 17.9 Å². The fourth-order valence-corrected chi connectivity index (χ4v) is 2.56. The molecule has 4 amide bonds. The van der Waals surface area contributed by atoms with Gasteiger partial charge < -0.3 is 20.1 Å². The van der Waals surface area contributed by atoms with Crippen LogP contribution in [0.3, 0.4) is 0 Å². The molecule has 0 spiro atoms. The lowest BCUT2D eigenvalue weighted by Gasteiger charge is -2.17. The Labute approximate surface area is 143 Å². The SMILES string of the molecule is Cc1cc(NC(=O)N2CCC(NC(=O)Nc3ccc(F)cc3)C2)no1. The van der Waals surface area contributed by atoms with Crippen molar-refractivity contribution in [1.82, 2.24) is 15.4 Å². The number of carbonyl (C=O) groups is 2. The Morgan fingerprint density at radius 2 is 2.04 bits per heavy atom. The molecule has 0 saturated carbocycles. The van der Waals surface area contributed by atoms with Gasteiger partial charge >= 0.3 is 12.1 Å². The van der Waals surface area contributed by atoms with Crippen molar-refractivity contribution < 1.29 is 18.5 Å². The van der Waals surface area contributed by atoms with E-state index in [1.54, 1.807) is 17.9 Å². The third-order valence-electron chi connectivity index (χ3n) is 3.78. The van der Waals surface area contributed by atoms with Gasteiger partial charge in [0, 0.05) is 30.9 Å². The quantitative estimate of drug-likeness (QED) is 0.794. The Bertz CT molecular complexity index is 761. The molecule has 1 atom stereocenters. The summed E-state index contributed by atoms with van der Waals surface area (Å²) in [7, 11) is 0. The molecule has 0 aliphatic carbocycles. The highest BCUT2D eigenvalue weighted by molar-refractivity contribution is 5.90. The highest BCUT2D eigenvalue weighted by Crippen LogP contribution is 2.14. The smallest absolute Gasteiger partial charge is 0.323 e. The van der Waals surface area contributed by atoms with Gasteiger partial charge in [-0.2, -0.15) is 0 Å². The molecule has 8 nitrogen and oxygen atoms in total. The Hall–Kier alpha value is -3.10. The van der Waals surface area contributed by atoms with E-state index in [1.165, 1.54) is 24.3 Å². The Kier molecular flexibility index (Phi) is 4.82. The van der Waals surface area contributed by atoms with E-state index in [1.807, 2.05) is 0 Å². The zero-order chi connectivity index (χ0) is 17.8. The van der Waals surface area contributed by atoms with Crippen LogP contribution < -0.4 is 16.0 Å². The zero-order valence-electron chi connectivity index (χ0n) is 13.6. The van der Waals surface area contributed by atoms with Gasteiger partial charge in [0.1, 0.15) is 11.6 Å². The lowest BCUT2D eigenvalue weighted by atomic mass is 10.3. The minimum Gasteiger partial charge on any atom is -0.360 e. The molecule has 9 heteroatoms. The van der Waals surface area contributed by atoms with Crippen molar-refractivity contribution >= 4 is 23.6 Å². The molecule has 1 fully saturated rings. The lowest BCUT2D eigenvalue weighted by molar-refractivity contribution is 0.220. The van der Waals surface area contributed by atoms with Gasteiger partial charge in [0.15, 0.2) is 5.82 Å². The first-order valence-corrected chi connectivity index (χ1v) is 7.82. The molecule has 1 aliphatic heterocycles. The molecule has 1 aliphatic rings. The second-order valence-electron chi connectivity index (χ2n) is 5.79. The summed E-state index contributed by atoms with van der Waals surface area (Å²) in [6.07, 6.45) is 0.641. The fourth-order valence-electron chi connectivity index (χ4n) is 2.56. The predicted molar refractivity (Wildman–Crippen MR) is 88.8 cm³/mol. The summed E-state index contributed by atoms with van der Waals surface area (Å²) in [5.41, 5.74) is 0.493. The monoisotopic (exact) mass is 347 g/mol. The summed E-state index contributed by atoms with van der Waals surface area (Å²) >= 11 is 0. The van der Waals surface area contributed by atoms with Gasteiger partial charge in [-0.15, -0.1) is 0 Å². The maximum Gasteiger partial charge on any atom is 0.323 e. The Balaban J connectivity index is 1.46. The molecule has 0 radical (unpaired) electrons. The molecular weight excluding hydrogens is 329 g/mol. The number of aryl methyl sites for hydroxylation is 1. The molecule has 132 valence electrons. The van der Waals surface area contributed by atoms with Crippen LogP contribution in [-0.2, 0) is 0 Å². The third-order valence-corrected chi connectivity index (χ3v) is 3.78. The molecule has 0 bridgehead atoms. The van der Waals surface area contributed by atoms with E-state index >= 15 is 0 Å². The number of nitrogens with zero attached hydrogens (tertiary/aromatic N) is 2. The normalized spacial score (nSPS) is 16.6. The first-order chi connectivity index (χ1) is 12.0. The average Bonchev–Trinajstić information content (AvgIpc) is 3.19. The molecule has 25 heavy (non-hydrogen) atoms. The van der Waals surface area contributed by atoms with Crippen molar-refractivity contribution in [3.8, 4) is 0 Å². The van der Waals surface area contributed by atoms with E-state index in [9.17, 15) is 14.0 Å². The Morgan fingerprint density at radius 1 is 1.28 bits per heavy atom. The number of urea groups is 2. The number of amides is 4. The summed E-state index contributed by atoms with van der Waals surface area (Å²) in [6.45, 7) is 2.64. The molecule has 2 heterocycles. The van der Waals surface area contributed by atoms with Crippen LogP contribution in [0.4, 0.5) is 25.5 Å². The van der Waals surface area contributed by atoms with Crippen molar-refractivity contribution in [2.24, 2.45) is 0 Å². The van der Waals surface area contributed by atoms with Gasteiger partial charge in [-0.05, 0) is 37.6 Å². The van der Waals surface area contributed by atoms with Gasteiger partial charge in [-0.3, -0.25) is 5.32 Å². The van der Waals surface area contributed by atoms with Crippen molar-refractivity contribution in [2.75, 3.05) is 23.7 Å². The lowest BCUT2D eigenvalue weighted by Crippen LogP contribution is -2.41. The summed E-state index contributed by atoms with van der Waals surface area (Å²) in [5, 5.41) is 11.8. The zero-order valence-corrected chi connectivity index (χ0v) is 13.6. The molecule has 3 N–H and O–H groups in total. The maximum absolute atomic E-state index is 12.8. The van der Waals surface area contributed by atoms with Crippen LogP contribution >= 0.6 is 0 Å². The highest BCUT2D eigenvalue weighted by Gasteiger charge is 2.27. The van der Waals surface area contributed by atoms with Crippen molar-refractivity contribution in [1.29, 1.82) is 0 Å². The van der Waals surface area contributed by atoms with Crippen LogP contribution in [0.2, 0.25) is 0 Å². The van der Waals surface area contributed by atoms with Crippen LogP contribution in [0.1, 0.15) is 12.2 Å². The van der Waals surface area contributed by atoms with Crippen LogP contribution in [0.25, 0.3) is 0 Å².